The smallest absolute Gasteiger partial charge is 0.253 e. The van der Waals surface area contributed by atoms with Crippen LogP contribution < -0.4 is 15.4 Å². The topological polar surface area (TPSA) is 81.1 Å². The fraction of sp³-hybridized carbons (Fsp3) is 0.438. The van der Waals surface area contributed by atoms with E-state index in [4.69, 9.17) is 4.74 Å². The van der Waals surface area contributed by atoms with Gasteiger partial charge >= 0.3 is 0 Å². The third-order valence-corrected chi connectivity index (χ3v) is 4.09. The molecule has 2 aromatic rings. The third kappa shape index (κ3) is 3.68. The number of amides is 1. The first-order valence-corrected chi connectivity index (χ1v) is 7.81. The quantitative estimate of drug-likeness (QED) is 0.860. The van der Waals surface area contributed by atoms with Crippen molar-refractivity contribution in [2.24, 2.45) is 5.92 Å². The predicted octanol–water partition coefficient (Wildman–Crippen LogP) is 1.01. The molecule has 0 spiro atoms. The average Bonchev–Trinajstić information content (AvgIpc) is 3.14. The number of piperidine rings is 1. The van der Waals surface area contributed by atoms with E-state index in [1.165, 1.54) is 4.80 Å². The summed E-state index contributed by atoms with van der Waals surface area (Å²) in [5, 5.41) is 14.6. The maximum absolute atomic E-state index is 12.6. The number of carbonyl (C=O) groups excluding carboxylic acids is 1. The van der Waals surface area contributed by atoms with E-state index in [1.807, 2.05) is 0 Å². The van der Waals surface area contributed by atoms with E-state index in [0.717, 1.165) is 25.9 Å². The van der Waals surface area contributed by atoms with Gasteiger partial charge in [-0.3, -0.25) is 4.79 Å². The summed E-state index contributed by atoms with van der Waals surface area (Å²) in [5.74, 6) is 1.08. The highest BCUT2D eigenvalue weighted by Crippen LogP contribution is 2.20. The number of methoxy groups -OCH3 is 1. The Morgan fingerprint density at radius 3 is 2.78 bits per heavy atom. The SMILES string of the molecule is COc1ccc(C(=O)NCC2CCNCC2)c(-n2nccn2)c1. The van der Waals surface area contributed by atoms with E-state index in [-0.39, 0.29) is 5.91 Å². The molecule has 0 atom stereocenters. The molecule has 2 heterocycles. The monoisotopic (exact) mass is 315 g/mol. The molecule has 0 bridgehead atoms. The summed E-state index contributed by atoms with van der Waals surface area (Å²) >= 11 is 0. The normalized spacial score (nSPS) is 15.3. The zero-order valence-corrected chi connectivity index (χ0v) is 13.2. The van der Waals surface area contributed by atoms with Crippen LogP contribution in [0.5, 0.6) is 5.75 Å². The predicted molar refractivity (Wildman–Crippen MR) is 85.8 cm³/mol. The highest BCUT2D eigenvalue weighted by atomic mass is 16.5. The standard InChI is InChI=1S/C16H21N5O2/c1-23-13-2-3-14(15(10-13)21-19-8-9-20-21)16(22)18-11-12-4-6-17-7-5-12/h2-3,8-10,12,17H,4-7,11H2,1H3,(H,18,22). The van der Waals surface area contributed by atoms with Crippen molar-refractivity contribution in [3.8, 4) is 11.4 Å². The summed E-state index contributed by atoms with van der Waals surface area (Å²) in [6, 6.07) is 5.28. The fourth-order valence-corrected chi connectivity index (χ4v) is 2.75. The molecule has 1 aliphatic rings. The Hall–Kier alpha value is -2.41. The lowest BCUT2D eigenvalue weighted by atomic mass is 9.98. The average molecular weight is 315 g/mol. The zero-order chi connectivity index (χ0) is 16.1. The van der Waals surface area contributed by atoms with Crippen LogP contribution in [-0.2, 0) is 0 Å². The summed E-state index contributed by atoms with van der Waals surface area (Å²) in [7, 11) is 1.59. The first-order valence-electron chi connectivity index (χ1n) is 7.81. The molecule has 1 saturated heterocycles. The second-order valence-corrected chi connectivity index (χ2v) is 5.61. The number of carbonyl (C=O) groups is 1. The highest BCUT2D eigenvalue weighted by Gasteiger charge is 2.18. The number of nitrogens with one attached hydrogen (secondary N) is 2. The molecule has 1 aromatic heterocycles. The Bertz CT molecular complexity index is 650. The molecule has 1 fully saturated rings. The lowest BCUT2D eigenvalue weighted by Gasteiger charge is -2.23. The van der Waals surface area contributed by atoms with E-state index in [2.05, 4.69) is 20.8 Å². The largest absolute Gasteiger partial charge is 0.497 e. The Balaban J connectivity index is 1.76. The first-order chi connectivity index (χ1) is 11.3. The maximum atomic E-state index is 12.6. The van der Waals surface area contributed by atoms with Gasteiger partial charge in [-0.1, -0.05) is 0 Å². The number of benzene rings is 1. The molecular weight excluding hydrogens is 294 g/mol. The minimum absolute atomic E-state index is 0.113. The zero-order valence-electron chi connectivity index (χ0n) is 13.2. The maximum Gasteiger partial charge on any atom is 0.253 e. The summed E-state index contributed by atoms with van der Waals surface area (Å²) in [6.45, 7) is 2.73. The molecule has 23 heavy (non-hydrogen) atoms. The molecule has 122 valence electrons. The van der Waals surface area contributed by atoms with Gasteiger partial charge < -0.3 is 15.4 Å². The van der Waals surface area contributed by atoms with Gasteiger partial charge in [0.1, 0.15) is 11.4 Å². The molecule has 1 aromatic carbocycles. The van der Waals surface area contributed by atoms with E-state index < -0.39 is 0 Å². The number of ether oxygens (including phenoxy) is 1. The minimum atomic E-state index is -0.113. The summed E-state index contributed by atoms with van der Waals surface area (Å²) in [5.41, 5.74) is 1.15. The van der Waals surface area contributed by atoms with Gasteiger partial charge in [0.25, 0.3) is 5.91 Å². The molecular formula is C16H21N5O2. The van der Waals surface area contributed by atoms with Crippen molar-refractivity contribution < 1.29 is 9.53 Å². The lowest BCUT2D eigenvalue weighted by Crippen LogP contribution is -2.36. The van der Waals surface area contributed by atoms with Crippen LogP contribution in [-0.4, -0.2) is 47.6 Å². The van der Waals surface area contributed by atoms with Crippen LogP contribution in [0.15, 0.2) is 30.6 Å². The van der Waals surface area contributed by atoms with Gasteiger partial charge in [-0.05, 0) is 44.0 Å². The summed E-state index contributed by atoms with van der Waals surface area (Å²) in [4.78, 5) is 14.0. The van der Waals surface area contributed by atoms with Gasteiger partial charge in [0.15, 0.2) is 0 Å². The number of hydrogen-bond donors (Lipinski definition) is 2. The summed E-state index contributed by atoms with van der Waals surface area (Å²) < 4.78 is 5.24. The lowest BCUT2D eigenvalue weighted by molar-refractivity contribution is 0.0944. The van der Waals surface area contributed by atoms with Crippen molar-refractivity contribution in [1.29, 1.82) is 0 Å². The highest BCUT2D eigenvalue weighted by molar-refractivity contribution is 5.97. The van der Waals surface area contributed by atoms with E-state index >= 15 is 0 Å². The second kappa shape index (κ2) is 7.23. The van der Waals surface area contributed by atoms with Crippen molar-refractivity contribution in [1.82, 2.24) is 25.6 Å². The molecule has 0 radical (unpaired) electrons. The van der Waals surface area contributed by atoms with Gasteiger partial charge in [0.2, 0.25) is 0 Å². The third-order valence-electron chi connectivity index (χ3n) is 4.09. The number of nitrogens with zero attached hydrogens (tertiary/aromatic N) is 3. The van der Waals surface area contributed by atoms with Crippen molar-refractivity contribution in [2.45, 2.75) is 12.8 Å². The molecule has 3 rings (SSSR count). The number of hydrogen-bond acceptors (Lipinski definition) is 5. The Kier molecular flexibility index (Phi) is 4.87. The van der Waals surface area contributed by atoms with Crippen LogP contribution in [0.4, 0.5) is 0 Å². The van der Waals surface area contributed by atoms with E-state index in [0.29, 0.717) is 29.5 Å². The molecule has 1 aliphatic heterocycles. The molecule has 1 amide bonds. The molecule has 0 saturated carbocycles. The van der Waals surface area contributed by atoms with Crippen molar-refractivity contribution in [2.75, 3.05) is 26.7 Å². The van der Waals surface area contributed by atoms with Crippen molar-refractivity contribution in [3.05, 3.63) is 36.2 Å². The molecule has 0 aliphatic carbocycles. The fourth-order valence-electron chi connectivity index (χ4n) is 2.75. The van der Waals surface area contributed by atoms with Gasteiger partial charge in [-0.15, -0.1) is 0 Å². The van der Waals surface area contributed by atoms with Crippen LogP contribution in [0.25, 0.3) is 5.69 Å². The number of rotatable bonds is 5. The van der Waals surface area contributed by atoms with Gasteiger partial charge in [0, 0.05) is 12.6 Å². The Morgan fingerprint density at radius 1 is 1.35 bits per heavy atom. The van der Waals surface area contributed by atoms with E-state index in [1.54, 1.807) is 37.7 Å². The molecule has 0 unspecified atom stereocenters. The Labute approximate surface area is 135 Å². The van der Waals surface area contributed by atoms with Crippen molar-refractivity contribution >= 4 is 5.91 Å². The second-order valence-electron chi connectivity index (χ2n) is 5.61. The first kappa shape index (κ1) is 15.5. The van der Waals surface area contributed by atoms with Gasteiger partial charge in [-0.2, -0.15) is 15.0 Å². The molecule has 7 nitrogen and oxygen atoms in total. The Morgan fingerprint density at radius 2 is 2.09 bits per heavy atom. The van der Waals surface area contributed by atoms with Gasteiger partial charge in [-0.25, -0.2) is 0 Å². The molecule has 2 N–H and O–H groups in total. The van der Waals surface area contributed by atoms with Crippen LogP contribution >= 0.6 is 0 Å². The van der Waals surface area contributed by atoms with Crippen LogP contribution in [0.1, 0.15) is 23.2 Å². The van der Waals surface area contributed by atoms with Crippen LogP contribution in [0, 0.1) is 5.92 Å². The number of aromatic nitrogens is 3. The van der Waals surface area contributed by atoms with Crippen LogP contribution in [0.3, 0.4) is 0 Å². The van der Waals surface area contributed by atoms with Crippen molar-refractivity contribution in [3.63, 3.8) is 0 Å². The minimum Gasteiger partial charge on any atom is -0.497 e. The van der Waals surface area contributed by atoms with E-state index in [9.17, 15) is 4.79 Å². The van der Waals surface area contributed by atoms with Crippen LogP contribution in [0.2, 0.25) is 0 Å². The van der Waals surface area contributed by atoms with Gasteiger partial charge in [0.05, 0.1) is 25.1 Å². The summed E-state index contributed by atoms with van der Waals surface area (Å²) in [6.07, 6.45) is 5.35. The molecule has 7 heteroatoms.